The largest absolute Gasteiger partial charge is 0.409 e. The topological polar surface area (TPSA) is 87.7 Å². The fourth-order valence-corrected chi connectivity index (χ4v) is 3.85. The molecular weight excluding hydrogens is 254 g/mol. The normalized spacial score (nSPS) is 38.1. The lowest BCUT2D eigenvalue weighted by molar-refractivity contribution is -0.134. The van der Waals surface area contributed by atoms with Crippen LogP contribution in [0.1, 0.15) is 58.8 Å². The minimum absolute atomic E-state index is 0.0485. The summed E-state index contributed by atoms with van der Waals surface area (Å²) in [5.74, 6) is 1.19. The number of oxime groups is 1. The number of nitrogens with two attached hydrogens (primary N) is 1. The molecule has 0 aromatic carbocycles. The van der Waals surface area contributed by atoms with Crippen molar-refractivity contribution in [2.24, 2.45) is 28.1 Å². The van der Waals surface area contributed by atoms with Crippen molar-refractivity contribution in [2.75, 3.05) is 0 Å². The maximum atomic E-state index is 12.6. The molecule has 2 aliphatic carbocycles. The number of amidine groups is 1. The molecule has 0 bridgehead atoms. The van der Waals surface area contributed by atoms with Crippen LogP contribution in [0.5, 0.6) is 0 Å². The van der Waals surface area contributed by atoms with Crippen molar-refractivity contribution in [3.63, 3.8) is 0 Å². The number of carbonyl (C=O) groups is 1. The highest BCUT2D eigenvalue weighted by Gasteiger charge is 2.52. The molecular formula is C15H27N3O2. The third-order valence-corrected chi connectivity index (χ3v) is 5.12. The Labute approximate surface area is 121 Å². The Bertz CT molecular complexity index is 389. The van der Waals surface area contributed by atoms with Crippen molar-refractivity contribution in [1.29, 1.82) is 0 Å². The monoisotopic (exact) mass is 281 g/mol. The summed E-state index contributed by atoms with van der Waals surface area (Å²) >= 11 is 0. The zero-order chi connectivity index (χ0) is 14.8. The zero-order valence-corrected chi connectivity index (χ0v) is 12.6. The molecule has 0 aromatic heterocycles. The molecule has 5 nitrogen and oxygen atoms in total. The van der Waals surface area contributed by atoms with Gasteiger partial charge in [0, 0.05) is 6.04 Å². The molecule has 0 heterocycles. The molecule has 2 aliphatic rings. The molecule has 2 unspecified atom stereocenters. The van der Waals surface area contributed by atoms with Gasteiger partial charge in [0.15, 0.2) is 5.84 Å². The molecule has 0 saturated heterocycles. The quantitative estimate of drug-likeness (QED) is 0.319. The number of rotatable bonds is 4. The SMILES string of the molecule is CCC1CCCC(NC(=O)C2(C(N)=NO)CC(C)C2)C1. The average molecular weight is 281 g/mol. The van der Waals surface area contributed by atoms with Crippen LogP contribution >= 0.6 is 0 Å². The molecule has 5 heteroatoms. The summed E-state index contributed by atoms with van der Waals surface area (Å²) in [6.07, 6.45) is 7.09. The summed E-state index contributed by atoms with van der Waals surface area (Å²) in [5, 5.41) is 15.2. The van der Waals surface area contributed by atoms with E-state index in [2.05, 4.69) is 24.3 Å². The minimum Gasteiger partial charge on any atom is -0.409 e. The van der Waals surface area contributed by atoms with Crippen molar-refractivity contribution < 1.29 is 10.0 Å². The van der Waals surface area contributed by atoms with Crippen molar-refractivity contribution in [1.82, 2.24) is 5.32 Å². The van der Waals surface area contributed by atoms with Crippen LogP contribution in [0.2, 0.25) is 0 Å². The molecule has 4 N–H and O–H groups in total. The van der Waals surface area contributed by atoms with Crippen LogP contribution in [0.3, 0.4) is 0 Å². The van der Waals surface area contributed by atoms with Crippen LogP contribution in [0, 0.1) is 17.3 Å². The third kappa shape index (κ3) is 2.76. The highest BCUT2D eigenvalue weighted by atomic mass is 16.4. The number of nitrogens with zero attached hydrogens (tertiary/aromatic N) is 1. The predicted octanol–water partition coefficient (Wildman–Crippen LogP) is 2.23. The van der Waals surface area contributed by atoms with E-state index in [9.17, 15) is 4.79 Å². The maximum absolute atomic E-state index is 12.6. The number of amides is 1. The number of hydrogen-bond donors (Lipinski definition) is 3. The number of nitrogens with one attached hydrogen (secondary N) is 1. The highest BCUT2D eigenvalue weighted by Crippen LogP contribution is 2.46. The summed E-state index contributed by atoms with van der Waals surface area (Å²) in [6, 6.07) is 0.250. The number of carbonyl (C=O) groups excluding carboxylic acids is 1. The molecule has 2 atom stereocenters. The molecule has 2 rings (SSSR count). The van der Waals surface area contributed by atoms with E-state index in [1.165, 1.54) is 19.3 Å². The second-order valence-corrected chi connectivity index (χ2v) is 6.69. The Hall–Kier alpha value is -1.26. The van der Waals surface area contributed by atoms with Crippen LogP contribution in [0.15, 0.2) is 5.16 Å². The predicted molar refractivity (Wildman–Crippen MR) is 78.4 cm³/mol. The van der Waals surface area contributed by atoms with Gasteiger partial charge in [-0.2, -0.15) is 0 Å². The molecule has 20 heavy (non-hydrogen) atoms. The van der Waals surface area contributed by atoms with E-state index in [1.54, 1.807) is 0 Å². The van der Waals surface area contributed by atoms with Gasteiger partial charge < -0.3 is 16.3 Å². The zero-order valence-electron chi connectivity index (χ0n) is 12.6. The first-order chi connectivity index (χ1) is 9.51. The van der Waals surface area contributed by atoms with Crippen LogP contribution in [-0.2, 0) is 4.79 Å². The Morgan fingerprint density at radius 2 is 2.15 bits per heavy atom. The second kappa shape index (κ2) is 6.02. The first-order valence-electron chi connectivity index (χ1n) is 7.80. The molecule has 2 saturated carbocycles. The van der Waals surface area contributed by atoms with Crippen molar-refractivity contribution in [3.05, 3.63) is 0 Å². The molecule has 2 fully saturated rings. The number of hydrogen-bond acceptors (Lipinski definition) is 3. The first kappa shape index (κ1) is 15.1. The van der Waals surface area contributed by atoms with Gasteiger partial charge in [-0.15, -0.1) is 0 Å². The molecule has 0 radical (unpaired) electrons. The minimum atomic E-state index is -0.771. The van der Waals surface area contributed by atoms with E-state index in [1.807, 2.05) is 0 Å². The van der Waals surface area contributed by atoms with Crippen LogP contribution < -0.4 is 11.1 Å². The third-order valence-electron chi connectivity index (χ3n) is 5.12. The fraction of sp³-hybridized carbons (Fsp3) is 0.867. The van der Waals surface area contributed by atoms with E-state index in [4.69, 9.17) is 10.9 Å². The van der Waals surface area contributed by atoms with Gasteiger partial charge in [0.25, 0.3) is 0 Å². The lowest BCUT2D eigenvalue weighted by atomic mass is 9.61. The van der Waals surface area contributed by atoms with Gasteiger partial charge in [-0.05, 0) is 37.5 Å². The Kier molecular flexibility index (Phi) is 4.55. The van der Waals surface area contributed by atoms with Gasteiger partial charge in [-0.3, -0.25) is 4.79 Å². The lowest BCUT2D eigenvalue weighted by Crippen LogP contribution is -2.58. The van der Waals surface area contributed by atoms with E-state index >= 15 is 0 Å². The Morgan fingerprint density at radius 3 is 2.70 bits per heavy atom. The van der Waals surface area contributed by atoms with Gasteiger partial charge in [0.2, 0.25) is 5.91 Å². The van der Waals surface area contributed by atoms with Crippen LogP contribution in [-0.4, -0.2) is 23.0 Å². The van der Waals surface area contributed by atoms with Crippen LogP contribution in [0.4, 0.5) is 0 Å². The molecule has 0 aliphatic heterocycles. The summed E-state index contributed by atoms with van der Waals surface area (Å²) in [7, 11) is 0. The maximum Gasteiger partial charge on any atom is 0.234 e. The molecule has 0 spiro atoms. The van der Waals surface area contributed by atoms with Gasteiger partial charge in [-0.25, -0.2) is 0 Å². The van der Waals surface area contributed by atoms with Gasteiger partial charge in [0.1, 0.15) is 5.41 Å². The molecule has 0 aromatic rings. The van der Waals surface area contributed by atoms with Gasteiger partial charge in [-0.1, -0.05) is 38.3 Å². The highest BCUT2D eigenvalue weighted by molar-refractivity contribution is 6.07. The van der Waals surface area contributed by atoms with Crippen molar-refractivity contribution >= 4 is 11.7 Å². The summed E-state index contributed by atoms with van der Waals surface area (Å²) < 4.78 is 0. The van der Waals surface area contributed by atoms with E-state index < -0.39 is 5.41 Å². The van der Waals surface area contributed by atoms with E-state index in [0.717, 1.165) is 12.8 Å². The summed E-state index contributed by atoms with van der Waals surface area (Å²) in [5.41, 5.74) is 5.00. The standard InChI is InChI=1S/C15H27N3O2/c1-3-11-5-4-6-12(7-11)17-14(19)15(13(16)18-20)8-10(2)9-15/h10-12,20H,3-9H2,1-2H3,(H2,16,18)(H,17,19). The summed E-state index contributed by atoms with van der Waals surface area (Å²) in [6.45, 7) is 4.30. The van der Waals surface area contributed by atoms with Gasteiger partial charge in [0.05, 0.1) is 0 Å². The second-order valence-electron chi connectivity index (χ2n) is 6.69. The lowest BCUT2D eigenvalue weighted by Gasteiger charge is -2.44. The summed E-state index contributed by atoms with van der Waals surface area (Å²) in [4.78, 5) is 12.6. The first-order valence-corrected chi connectivity index (χ1v) is 7.80. The van der Waals surface area contributed by atoms with Crippen molar-refractivity contribution in [3.8, 4) is 0 Å². The van der Waals surface area contributed by atoms with Crippen molar-refractivity contribution in [2.45, 2.75) is 64.8 Å². The fourth-order valence-electron chi connectivity index (χ4n) is 3.85. The van der Waals surface area contributed by atoms with E-state index in [0.29, 0.717) is 24.7 Å². The Morgan fingerprint density at radius 1 is 1.45 bits per heavy atom. The Balaban J connectivity index is 1.99. The molecule has 1 amide bonds. The van der Waals surface area contributed by atoms with E-state index in [-0.39, 0.29) is 17.8 Å². The smallest absolute Gasteiger partial charge is 0.234 e. The molecule has 114 valence electrons. The van der Waals surface area contributed by atoms with Crippen LogP contribution in [0.25, 0.3) is 0 Å². The average Bonchev–Trinajstić information content (AvgIpc) is 2.42. The van der Waals surface area contributed by atoms with Gasteiger partial charge >= 0.3 is 0 Å².